The van der Waals surface area contributed by atoms with Gasteiger partial charge in [-0.3, -0.25) is 0 Å². The van der Waals surface area contributed by atoms with E-state index in [-0.39, 0.29) is 6.04 Å². The monoisotopic (exact) mass is 265 g/mol. The van der Waals surface area contributed by atoms with Crippen LogP contribution < -0.4 is 5.73 Å². The second kappa shape index (κ2) is 4.24. The van der Waals surface area contributed by atoms with Gasteiger partial charge in [0, 0.05) is 18.8 Å². The quantitative estimate of drug-likeness (QED) is 0.849. The second-order valence-electron chi connectivity index (χ2n) is 5.18. The normalized spacial score (nSPS) is 22.8. The van der Waals surface area contributed by atoms with Crippen LogP contribution in [-0.4, -0.2) is 27.6 Å². The molecular formula is C13H19N3OS. The summed E-state index contributed by atoms with van der Waals surface area (Å²) in [6.07, 6.45) is 4.38. The molecule has 5 heteroatoms. The third-order valence-corrected chi connectivity index (χ3v) is 5.99. The van der Waals surface area contributed by atoms with Gasteiger partial charge in [0.05, 0.1) is 10.9 Å². The van der Waals surface area contributed by atoms with Crippen molar-refractivity contribution < 1.29 is 4.21 Å². The highest BCUT2D eigenvalue weighted by molar-refractivity contribution is 7.91. The number of nitrogens with two attached hydrogens (primary N) is 1. The van der Waals surface area contributed by atoms with Crippen molar-refractivity contribution in [2.45, 2.75) is 42.7 Å². The zero-order valence-electron chi connectivity index (χ0n) is 10.6. The van der Waals surface area contributed by atoms with Crippen LogP contribution >= 0.6 is 0 Å². The van der Waals surface area contributed by atoms with E-state index in [1.807, 2.05) is 29.6 Å². The first-order valence-corrected chi connectivity index (χ1v) is 7.91. The molecular weight excluding hydrogens is 246 g/mol. The highest BCUT2D eigenvalue weighted by Crippen LogP contribution is 2.35. The standard InChI is InChI=1S/C13H19N3OS/c1-16(12-7-8-12)18(17,15-11-5-6-11)13-4-2-3-10(14)9-13/h2-4,9,11-12H,5-8,14H2,1H3. The first kappa shape index (κ1) is 12.0. The Kier molecular flexibility index (Phi) is 2.83. The largest absolute Gasteiger partial charge is 0.399 e. The summed E-state index contributed by atoms with van der Waals surface area (Å²) in [6, 6.07) is 8.04. The zero-order valence-corrected chi connectivity index (χ0v) is 11.4. The molecule has 98 valence electrons. The van der Waals surface area contributed by atoms with Gasteiger partial charge < -0.3 is 5.73 Å². The maximum absolute atomic E-state index is 13.3. The number of nitrogens with zero attached hydrogens (tertiary/aromatic N) is 2. The molecule has 0 radical (unpaired) electrons. The Hall–Kier alpha value is -1.07. The molecule has 0 aromatic heterocycles. The average Bonchev–Trinajstić information content (AvgIpc) is 3.22. The molecule has 1 aromatic rings. The Morgan fingerprint density at radius 1 is 1.33 bits per heavy atom. The van der Waals surface area contributed by atoms with Gasteiger partial charge >= 0.3 is 0 Å². The van der Waals surface area contributed by atoms with Crippen molar-refractivity contribution in [3.63, 3.8) is 0 Å². The van der Waals surface area contributed by atoms with Gasteiger partial charge in [0.1, 0.15) is 9.92 Å². The molecule has 2 fully saturated rings. The summed E-state index contributed by atoms with van der Waals surface area (Å²) in [5.74, 6) is 0. The molecule has 4 nitrogen and oxygen atoms in total. The van der Waals surface area contributed by atoms with Crippen LogP contribution in [0.3, 0.4) is 0 Å². The molecule has 2 N–H and O–H groups in total. The summed E-state index contributed by atoms with van der Waals surface area (Å²) in [6.45, 7) is 0. The van der Waals surface area contributed by atoms with Gasteiger partial charge in [0.25, 0.3) is 0 Å². The summed E-state index contributed by atoms with van der Waals surface area (Å²) in [7, 11) is -0.538. The van der Waals surface area contributed by atoms with E-state index < -0.39 is 9.92 Å². The zero-order chi connectivity index (χ0) is 12.8. The summed E-state index contributed by atoms with van der Waals surface area (Å²) in [5.41, 5.74) is 6.46. The van der Waals surface area contributed by atoms with Crippen molar-refractivity contribution in [3.8, 4) is 0 Å². The van der Waals surface area contributed by atoms with Crippen LogP contribution in [0.5, 0.6) is 0 Å². The minimum Gasteiger partial charge on any atom is -0.399 e. The number of rotatable bonds is 4. The van der Waals surface area contributed by atoms with Crippen molar-refractivity contribution in [1.29, 1.82) is 0 Å². The Morgan fingerprint density at radius 3 is 2.61 bits per heavy atom. The van der Waals surface area contributed by atoms with Crippen LogP contribution in [0.25, 0.3) is 0 Å². The molecule has 0 saturated heterocycles. The van der Waals surface area contributed by atoms with Crippen molar-refractivity contribution in [1.82, 2.24) is 4.31 Å². The van der Waals surface area contributed by atoms with Crippen molar-refractivity contribution >= 4 is 15.6 Å². The highest BCUT2D eigenvalue weighted by atomic mass is 32.2. The maximum atomic E-state index is 13.3. The first-order valence-electron chi connectivity index (χ1n) is 6.44. The lowest BCUT2D eigenvalue weighted by molar-refractivity contribution is 0.506. The molecule has 0 spiro atoms. The molecule has 1 aromatic carbocycles. The molecule has 0 aliphatic heterocycles. The summed E-state index contributed by atoms with van der Waals surface area (Å²) < 4.78 is 19.8. The number of benzene rings is 1. The molecule has 2 aliphatic carbocycles. The molecule has 0 heterocycles. The molecule has 18 heavy (non-hydrogen) atoms. The van der Waals surface area contributed by atoms with Gasteiger partial charge in [-0.2, -0.15) is 0 Å². The van der Waals surface area contributed by atoms with E-state index in [4.69, 9.17) is 5.73 Å². The summed E-state index contributed by atoms with van der Waals surface area (Å²) >= 11 is 0. The number of hydrogen-bond donors (Lipinski definition) is 1. The van der Waals surface area contributed by atoms with E-state index in [2.05, 4.69) is 4.36 Å². The molecule has 3 rings (SSSR count). The smallest absolute Gasteiger partial charge is 0.140 e. The minimum atomic E-state index is -2.46. The van der Waals surface area contributed by atoms with E-state index in [1.165, 1.54) is 0 Å². The van der Waals surface area contributed by atoms with Crippen molar-refractivity contribution in [2.75, 3.05) is 12.8 Å². The van der Waals surface area contributed by atoms with Gasteiger partial charge in [-0.1, -0.05) is 6.07 Å². The molecule has 0 amide bonds. The van der Waals surface area contributed by atoms with E-state index in [1.54, 1.807) is 6.07 Å². The van der Waals surface area contributed by atoms with Crippen LogP contribution in [0.2, 0.25) is 0 Å². The van der Waals surface area contributed by atoms with Gasteiger partial charge in [-0.15, -0.1) is 0 Å². The average molecular weight is 265 g/mol. The lowest BCUT2D eigenvalue weighted by atomic mass is 10.3. The van der Waals surface area contributed by atoms with Crippen LogP contribution in [0.1, 0.15) is 25.7 Å². The molecule has 1 atom stereocenters. The van der Waals surface area contributed by atoms with Gasteiger partial charge in [0.15, 0.2) is 0 Å². The predicted molar refractivity (Wildman–Crippen MR) is 73.5 cm³/mol. The SMILES string of the molecule is CN(C1CC1)S(=O)(=NC1CC1)c1cccc(N)c1. The number of nitrogen functional groups attached to an aromatic ring is 1. The summed E-state index contributed by atoms with van der Waals surface area (Å²) in [4.78, 5) is 0.754. The highest BCUT2D eigenvalue weighted by Gasteiger charge is 2.35. The van der Waals surface area contributed by atoms with E-state index in [0.29, 0.717) is 11.7 Å². The van der Waals surface area contributed by atoms with Crippen molar-refractivity contribution in [3.05, 3.63) is 24.3 Å². The minimum absolute atomic E-state index is 0.278. The fraction of sp³-hybridized carbons (Fsp3) is 0.538. The Labute approximate surface area is 108 Å². The fourth-order valence-corrected chi connectivity index (χ4v) is 4.38. The summed E-state index contributed by atoms with van der Waals surface area (Å²) in [5, 5.41) is 0. The van der Waals surface area contributed by atoms with E-state index in [9.17, 15) is 4.21 Å². The number of hydrogen-bond acceptors (Lipinski definition) is 3. The van der Waals surface area contributed by atoms with Crippen molar-refractivity contribution in [2.24, 2.45) is 4.36 Å². The third-order valence-electron chi connectivity index (χ3n) is 3.46. The lowest BCUT2D eigenvalue weighted by Gasteiger charge is -2.22. The lowest BCUT2D eigenvalue weighted by Crippen LogP contribution is -2.29. The Bertz CT molecular complexity index is 569. The predicted octanol–water partition coefficient (Wildman–Crippen LogP) is 2.27. The maximum Gasteiger partial charge on any atom is 0.140 e. The van der Waals surface area contributed by atoms with Gasteiger partial charge in [0.2, 0.25) is 0 Å². The molecule has 2 saturated carbocycles. The van der Waals surface area contributed by atoms with E-state index >= 15 is 0 Å². The third kappa shape index (κ3) is 2.24. The number of anilines is 1. The van der Waals surface area contributed by atoms with Crippen LogP contribution in [0, 0.1) is 0 Å². The topological polar surface area (TPSA) is 58.7 Å². The molecule has 0 bridgehead atoms. The van der Waals surface area contributed by atoms with Gasteiger partial charge in [-0.05, 0) is 43.9 Å². The van der Waals surface area contributed by atoms with Crippen LogP contribution in [0.15, 0.2) is 33.5 Å². The van der Waals surface area contributed by atoms with Gasteiger partial charge in [-0.25, -0.2) is 12.9 Å². The Balaban J connectivity index is 2.06. The Morgan fingerprint density at radius 2 is 2.06 bits per heavy atom. The van der Waals surface area contributed by atoms with E-state index in [0.717, 1.165) is 30.6 Å². The second-order valence-corrected chi connectivity index (χ2v) is 7.43. The van der Waals surface area contributed by atoms with Crippen LogP contribution in [-0.2, 0) is 9.92 Å². The van der Waals surface area contributed by atoms with Crippen LogP contribution in [0.4, 0.5) is 5.69 Å². The molecule has 1 unspecified atom stereocenters. The molecule has 2 aliphatic rings. The first-order chi connectivity index (χ1) is 8.59. The fourth-order valence-electron chi connectivity index (χ4n) is 2.00.